The van der Waals surface area contributed by atoms with Crippen molar-refractivity contribution in [3.63, 3.8) is 0 Å². The Labute approximate surface area is 155 Å². The molecule has 142 valence electrons. The molecule has 1 N–H and O–H groups in total. The van der Waals surface area contributed by atoms with Gasteiger partial charge in [-0.05, 0) is 61.9 Å². The molecule has 25 heavy (non-hydrogen) atoms. The van der Waals surface area contributed by atoms with E-state index < -0.39 is 8.32 Å². The summed E-state index contributed by atoms with van der Waals surface area (Å²) in [5, 5.41) is 9.22. The predicted octanol–water partition coefficient (Wildman–Crippen LogP) is 5.33. The topological polar surface area (TPSA) is 46.5 Å². The van der Waals surface area contributed by atoms with Crippen molar-refractivity contribution in [1.82, 2.24) is 0 Å². The van der Waals surface area contributed by atoms with Crippen LogP contribution in [0.1, 0.15) is 59.8 Å². The van der Waals surface area contributed by atoms with Crippen LogP contribution in [0.15, 0.2) is 35.5 Å². The van der Waals surface area contributed by atoms with Crippen molar-refractivity contribution >= 4 is 14.1 Å². The fourth-order valence-corrected chi connectivity index (χ4v) is 3.99. The highest BCUT2D eigenvalue weighted by Crippen LogP contribution is 2.38. The summed E-state index contributed by atoms with van der Waals surface area (Å²) in [4.78, 5) is 12.1. The molecule has 0 aliphatic heterocycles. The maximum absolute atomic E-state index is 12.1. The molecule has 0 heterocycles. The predicted molar refractivity (Wildman–Crippen MR) is 108 cm³/mol. The van der Waals surface area contributed by atoms with Crippen molar-refractivity contribution in [2.24, 2.45) is 0 Å². The summed E-state index contributed by atoms with van der Waals surface area (Å²) < 4.78 is 6.59. The van der Waals surface area contributed by atoms with Gasteiger partial charge in [-0.3, -0.25) is 4.79 Å². The third kappa shape index (κ3) is 7.04. The lowest BCUT2D eigenvalue weighted by atomic mass is 10.1. The van der Waals surface area contributed by atoms with Gasteiger partial charge in [0, 0.05) is 6.61 Å². The van der Waals surface area contributed by atoms with Crippen molar-refractivity contribution in [2.75, 3.05) is 6.61 Å². The number of aliphatic hydroxyl groups excluding tert-OH is 1. The average Bonchev–Trinajstić information content (AvgIpc) is 2.83. The molecule has 0 aromatic rings. The summed E-state index contributed by atoms with van der Waals surface area (Å²) in [6, 6.07) is 0. The van der Waals surface area contributed by atoms with Crippen LogP contribution in [-0.4, -0.2) is 31.9 Å². The van der Waals surface area contributed by atoms with Crippen LogP contribution in [0.5, 0.6) is 0 Å². The quantitative estimate of drug-likeness (QED) is 0.342. The highest BCUT2D eigenvalue weighted by atomic mass is 28.4. The second kappa shape index (κ2) is 9.65. The Balaban J connectivity index is 2.80. The molecule has 1 rings (SSSR count). The van der Waals surface area contributed by atoms with Crippen LogP contribution in [0, 0.1) is 0 Å². The Kier molecular flexibility index (Phi) is 8.52. The van der Waals surface area contributed by atoms with Gasteiger partial charge in [0.15, 0.2) is 14.1 Å². The fraction of sp³-hybridized carbons (Fsp3) is 0.667. The molecule has 0 fully saturated rings. The van der Waals surface area contributed by atoms with Crippen LogP contribution in [-0.2, 0) is 9.22 Å². The first-order chi connectivity index (χ1) is 11.6. The molecule has 1 aliphatic carbocycles. The van der Waals surface area contributed by atoms with Crippen LogP contribution in [0.2, 0.25) is 18.1 Å². The van der Waals surface area contributed by atoms with E-state index in [4.69, 9.17) is 9.53 Å². The van der Waals surface area contributed by atoms with Gasteiger partial charge < -0.3 is 9.53 Å². The van der Waals surface area contributed by atoms with E-state index in [1.165, 1.54) is 0 Å². The number of hydrogen-bond acceptors (Lipinski definition) is 3. The number of carbonyl (C=O) groups excluding carboxylic acids is 1. The molecule has 3 nitrogen and oxygen atoms in total. The van der Waals surface area contributed by atoms with Crippen LogP contribution in [0.4, 0.5) is 0 Å². The molecule has 0 saturated carbocycles. The molecule has 0 spiro atoms. The van der Waals surface area contributed by atoms with Crippen LogP contribution in [0.3, 0.4) is 0 Å². The monoisotopic (exact) mass is 364 g/mol. The van der Waals surface area contributed by atoms with Gasteiger partial charge in [-0.1, -0.05) is 51.5 Å². The smallest absolute Gasteiger partial charge is 0.192 e. The minimum Gasteiger partial charge on any atom is -0.413 e. The lowest BCUT2D eigenvalue weighted by molar-refractivity contribution is -0.111. The van der Waals surface area contributed by atoms with Gasteiger partial charge in [-0.15, -0.1) is 0 Å². The maximum atomic E-state index is 12.1. The third-order valence-corrected chi connectivity index (χ3v) is 9.73. The lowest BCUT2D eigenvalue weighted by Gasteiger charge is -2.39. The van der Waals surface area contributed by atoms with Gasteiger partial charge in [0.2, 0.25) is 0 Å². The molecule has 0 aromatic heterocycles. The lowest BCUT2D eigenvalue weighted by Crippen LogP contribution is -2.43. The third-order valence-electron chi connectivity index (χ3n) is 5.20. The Bertz CT molecular complexity index is 536. The zero-order valence-corrected chi connectivity index (χ0v) is 17.9. The van der Waals surface area contributed by atoms with E-state index in [-0.39, 0.29) is 23.5 Å². The number of allylic oxidation sites excluding steroid dienone is 3. The standard InChI is InChI=1S/C21H36O3Si/c1-7-8-9-10-19(24-25(5,6)21(2,3)4)12-11-18-15-17(13-14-22)16-20(18)23/h8-9,11,16,19,22H,7,10,12-15H2,1-6H3/b9-8-,18-11+/t19-/m0/s1. The summed E-state index contributed by atoms with van der Waals surface area (Å²) >= 11 is 0. The van der Waals surface area contributed by atoms with Gasteiger partial charge in [0.25, 0.3) is 0 Å². The van der Waals surface area contributed by atoms with Crippen molar-refractivity contribution in [2.45, 2.75) is 84.0 Å². The average molecular weight is 365 g/mol. The second-order valence-corrected chi connectivity index (χ2v) is 13.2. The molecule has 1 aliphatic rings. The van der Waals surface area contributed by atoms with Crippen LogP contribution in [0.25, 0.3) is 0 Å². The van der Waals surface area contributed by atoms with E-state index in [1.807, 2.05) is 0 Å². The molecule has 4 heteroatoms. The highest BCUT2D eigenvalue weighted by Gasteiger charge is 2.38. The van der Waals surface area contributed by atoms with E-state index in [0.717, 1.165) is 30.4 Å². The molecular formula is C21H36O3Si. The number of carbonyl (C=O) groups is 1. The van der Waals surface area contributed by atoms with Crippen molar-refractivity contribution < 1.29 is 14.3 Å². The minimum atomic E-state index is -1.84. The number of hydrogen-bond donors (Lipinski definition) is 1. The fourth-order valence-electron chi connectivity index (χ4n) is 2.61. The molecular weight excluding hydrogens is 328 g/mol. The van der Waals surface area contributed by atoms with Crippen molar-refractivity contribution in [1.29, 1.82) is 0 Å². The molecule has 0 aromatic carbocycles. The van der Waals surface area contributed by atoms with Gasteiger partial charge in [0.05, 0.1) is 6.10 Å². The van der Waals surface area contributed by atoms with E-state index in [2.05, 4.69) is 59.0 Å². The number of aliphatic hydroxyl groups is 1. The van der Waals surface area contributed by atoms with Crippen LogP contribution >= 0.6 is 0 Å². The van der Waals surface area contributed by atoms with Gasteiger partial charge >= 0.3 is 0 Å². The zero-order chi connectivity index (χ0) is 19.1. The normalized spacial score (nSPS) is 19.1. The Morgan fingerprint density at radius 3 is 2.52 bits per heavy atom. The summed E-state index contributed by atoms with van der Waals surface area (Å²) in [6.45, 7) is 13.5. The first-order valence-electron chi connectivity index (χ1n) is 9.47. The van der Waals surface area contributed by atoms with E-state index in [9.17, 15) is 4.79 Å². The molecule has 0 unspecified atom stereocenters. The summed E-state index contributed by atoms with van der Waals surface area (Å²) in [5.41, 5.74) is 1.89. The Hall–Kier alpha value is -0.973. The van der Waals surface area contributed by atoms with Gasteiger partial charge in [-0.25, -0.2) is 0 Å². The first-order valence-corrected chi connectivity index (χ1v) is 12.4. The number of ketones is 1. The van der Waals surface area contributed by atoms with Crippen molar-refractivity contribution in [3.05, 3.63) is 35.5 Å². The summed E-state index contributed by atoms with van der Waals surface area (Å²) in [5.74, 6) is 0.0960. The molecule has 1 atom stereocenters. The molecule has 0 bridgehead atoms. The van der Waals surface area contributed by atoms with Gasteiger partial charge in [-0.2, -0.15) is 0 Å². The van der Waals surface area contributed by atoms with E-state index in [0.29, 0.717) is 12.8 Å². The second-order valence-electron chi connectivity index (χ2n) is 8.40. The highest BCUT2D eigenvalue weighted by molar-refractivity contribution is 6.74. The van der Waals surface area contributed by atoms with E-state index >= 15 is 0 Å². The van der Waals surface area contributed by atoms with Gasteiger partial charge in [0.1, 0.15) is 0 Å². The summed E-state index contributed by atoms with van der Waals surface area (Å²) in [7, 11) is -1.84. The largest absolute Gasteiger partial charge is 0.413 e. The SMILES string of the molecule is CC/C=C\C[C@@H](C/C=C1\CC(CCO)=CC1=O)O[Si](C)(C)C(C)(C)C. The minimum absolute atomic E-state index is 0.0960. The van der Waals surface area contributed by atoms with E-state index in [1.54, 1.807) is 6.08 Å². The Morgan fingerprint density at radius 1 is 1.28 bits per heavy atom. The summed E-state index contributed by atoms with van der Waals surface area (Å²) in [6.07, 6.45) is 12.2. The van der Waals surface area contributed by atoms with Crippen LogP contribution < -0.4 is 0 Å². The molecule has 0 amide bonds. The Morgan fingerprint density at radius 2 is 1.96 bits per heavy atom. The molecule has 0 saturated heterocycles. The zero-order valence-electron chi connectivity index (χ0n) is 16.9. The molecule has 0 radical (unpaired) electrons. The maximum Gasteiger partial charge on any atom is 0.192 e. The number of rotatable bonds is 9. The van der Waals surface area contributed by atoms with Crippen molar-refractivity contribution in [3.8, 4) is 0 Å². The first kappa shape index (κ1) is 22.1.